The molecule has 6 nitrogen and oxygen atoms in total. The minimum absolute atomic E-state index is 0.0636. The van der Waals surface area contributed by atoms with Gasteiger partial charge in [-0.05, 0) is 36.1 Å². The number of rotatable bonds is 4. The van der Waals surface area contributed by atoms with Gasteiger partial charge in [0.25, 0.3) is 0 Å². The van der Waals surface area contributed by atoms with Gasteiger partial charge in [0, 0.05) is 28.9 Å². The molecule has 3 amide bonds. The maximum atomic E-state index is 13.6. The zero-order valence-corrected chi connectivity index (χ0v) is 18.1. The van der Waals surface area contributed by atoms with Crippen LogP contribution in [0.15, 0.2) is 48.5 Å². The largest absolute Gasteiger partial charge is 0.324 e. The number of amides is 3. The van der Waals surface area contributed by atoms with Crippen molar-refractivity contribution in [2.75, 3.05) is 11.9 Å². The van der Waals surface area contributed by atoms with Crippen LogP contribution in [0.2, 0.25) is 5.02 Å². The molecule has 3 heterocycles. The van der Waals surface area contributed by atoms with Crippen molar-refractivity contribution in [3.8, 4) is 0 Å². The summed E-state index contributed by atoms with van der Waals surface area (Å²) in [7, 11) is 0. The van der Waals surface area contributed by atoms with Crippen LogP contribution in [0.1, 0.15) is 25.0 Å². The van der Waals surface area contributed by atoms with Gasteiger partial charge in [0.15, 0.2) is 0 Å². The monoisotopic (exact) mass is 437 g/mol. The molecule has 0 saturated carbocycles. The Morgan fingerprint density at radius 1 is 1.06 bits per heavy atom. The van der Waals surface area contributed by atoms with Crippen LogP contribution in [-0.2, 0) is 26.3 Å². The van der Waals surface area contributed by atoms with Crippen molar-refractivity contribution in [2.45, 2.75) is 31.8 Å². The van der Waals surface area contributed by atoms with E-state index in [2.05, 4.69) is 10.6 Å². The average molecular weight is 438 g/mol. The second-order valence-corrected chi connectivity index (χ2v) is 9.37. The first-order valence-corrected chi connectivity index (χ1v) is 11.0. The number of carbonyl (C=O) groups excluding carboxylic acids is 3. The Bertz CT molecular complexity index is 1090. The van der Waals surface area contributed by atoms with Gasteiger partial charge in [-0.1, -0.05) is 55.8 Å². The summed E-state index contributed by atoms with van der Waals surface area (Å²) in [4.78, 5) is 41.8. The average Bonchev–Trinajstić information content (AvgIpc) is 3.33. The lowest BCUT2D eigenvalue weighted by molar-refractivity contribution is -0.142. The maximum absolute atomic E-state index is 13.6. The van der Waals surface area contributed by atoms with E-state index in [1.165, 1.54) is 4.90 Å². The number of fused-ring (bicyclic) bond motifs is 4. The number of benzene rings is 2. The molecule has 0 aromatic heterocycles. The van der Waals surface area contributed by atoms with Gasteiger partial charge in [0.05, 0.1) is 11.8 Å². The quantitative estimate of drug-likeness (QED) is 0.721. The third-order valence-electron chi connectivity index (χ3n) is 6.89. The van der Waals surface area contributed by atoms with Gasteiger partial charge in [-0.2, -0.15) is 0 Å². The smallest absolute Gasteiger partial charge is 0.250 e. The Morgan fingerprint density at radius 2 is 1.81 bits per heavy atom. The van der Waals surface area contributed by atoms with Crippen LogP contribution in [0.3, 0.4) is 0 Å². The molecule has 2 fully saturated rings. The van der Waals surface area contributed by atoms with Gasteiger partial charge in [0.2, 0.25) is 17.7 Å². The number of halogens is 1. The molecule has 2 aromatic rings. The molecule has 160 valence electrons. The molecule has 0 radical (unpaired) electrons. The lowest BCUT2D eigenvalue weighted by atomic mass is 9.76. The second kappa shape index (κ2) is 7.18. The third kappa shape index (κ3) is 2.85. The van der Waals surface area contributed by atoms with E-state index in [9.17, 15) is 14.4 Å². The van der Waals surface area contributed by atoms with Crippen LogP contribution >= 0.6 is 11.6 Å². The van der Waals surface area contributed by atoms with E-state index < -0.39 is 17.4 Å². The van der Waals surface area contributed by atoms with Crippen molar-refractivity contribution < 1.29 is 14.4 Å². The Balaban J connectivity index is 1.55. The number of carbonyl (C=O) groups is 3. The summed E-state index contributed by atoms with van der Waals surface area (Å²) in [6, 6.07) is 14.7. The summed E-state index contributed by atoms with van der Waals surface area (Å²) < 4.78 is 0. The first-order valence-electron chi connectivity index (χ1n) is 10.6. The topological polar surface area (TPSA) is 78.5 Å². The number of nitrogens with zero attached hydrogens (tertiary/aromatic N) is 1. The molecule has 0 aliphatic carbocycles. The highest BCUT2D eigenvalue weighted by atomic mass is 35.5. The number of nitrogens with one attached hydrogen (secondary N) is 2. The Morgan fingerprint density at radius 3 is 2.52 bits per heavy atom. The van der Waals surface area contributed by atoms with E-state index in [0.717, 1.165) is 5.56 Å². The van der Waals surface area contributed by atoms with Crippen LogP contribution in [0.5, 0.6) is 0 Å². The van der Waals surface area contributed by atoms with E-state index in [1.54, 1.807) is 18.2 Å². The van der Waals surface area contributed by atoms with Gasteiger partial charge in [0.1, 0.15) is 5.54 Å². The van der Waals surface area contributed by atoms with Gasteiger partial charge < -0.3 is 5.32 Å². The molecular formula is C24H24ClN3O3. The molecule has 4 unspecified atom stereocenters. The molecule has 2 N–H and O–H groups in total. The molecular weight excluding hydrogens is 414 g/mol. The molecule has 31 heavy (non-hydrogen) atoms. The summed E-state index contributed by atoms with van der Waals surface area (Å²) >= 11 is 6.26. The molecule has 7 heteroatoms. The second-order valence-electron chi connectivity index (χ2n) is 8.93. The van der Waals surface area contributed by atoms with E-state index in [-0.39, 0.29) is 29.7 Å². The number of hydrogen-bond donors (Lipinski definition) is 2. The molecule has 5 rings (SSSR count). The lowest BCUT2D eigenvalue weighted by Gasteiger charge is -2.30. The third-order valence-corrected chi connectivity index (χ3v) is 7.12. The van der Waals surface area contributed by atoms with Crippen LogP contribution in [0.4, 0.5) is 5.69 Å². The SMILES string of the molecule is CC(C)C1NC2(C(=O)Nc3ccc(Cl)cc32)C2C(=O)N(CCc3ccccc3)C(=O)C12. The van der Waals surface area contributed by atoms with Gasteiger partial charge >= 0.3 is 0 Å². The summed E-state index contributed by atoms with van der Waals surface area (Å²) in [5.74, 6) is -2.09. The van der Waals surface area contributed by atoms with Gasteiger partial charge in [-0.15, -0.1) is 0 Å². The van der Waals surface area contributed by atoms with Crippen molar-refractivity contribution in [2.24, 2.45) is 17.8 Å². The van der Waals surface area contributed by atoms with E-state index in [0.29, 0.717) is 29.2 Å². The van der Waals surface area contributed by atoms with E-state index >= 15 is 0 Å². The summed E-state index contributed by atoms with van der Waals surface area (Å²) in [6.07, 6.45) is 0.582. The first kappa shape index (κ1) is 20.2. The van der Waals surface area contributed by atoms with Gasteiger partial charge in [-0.25, -0.2) is 0 Å². The van der Waals surface area contributed by atoms with E-state index in [1.807, 2.05) is 44.2 Å². The van der Waals surface area contributed by atoms with Crippen LogP contribution in [0.25, 0.3) is 0 Å². The zero-order chi connectivity index (χ0) is 21.9. The summed E-state index contributed by atoms with van der Waals surface area (Å²) in [6.45, 7) is 4.31. The fourth-order valence-corrected chi connectivity index (χ4v) is 5.62. The van der Waals surface area contributed by atoms with Crippen molar-refractivity contribution in [3.05, 3.63) is 64.7 Å². The highest BCUT2D eigenvalue weighted by Crippen LogP contribution is 2.54. The summed E-state index contributed by atoms with van der Waals surface area (Å²) in [5.41, 5.74) is 1.06. The highest BCUT2D eigenvalue weighted by Gasteiger charge is 2.70. The Hall–Kier alpha value is -2.70. The van der Waals surface area contributed by atoms with E-state index in [4.69, 9.17) is 11.6 Å². The lowest BCUT2D eigenvalue weighted by Crippen LogP contribution is -2.54. The molecule has 1 spiro atoms. The fourth-order valence-electron chi connectivity index (χ4n) is 5.44. The number of hydrogen-bond acceptors (Lipinski definition) is 4. The molecule has 3 aliphatic rings. The predicted octanol–water partition coefficient (Wildman–Crippen LogP) is 2.96. The number of imide groups is 1. The fraction of sp³-hybridized carbons (Fsp3) is 0.375. The minimum Gasteiger partial charge on any atom is -0.324 e. The van der Waals surface area contributed by atoms with Crippen LogP contribution in [0, 0.1) is 17.8 Å². The van der Waals surface area contributed by atoms with Crippen LogP contribution in [-0.4, -0.2) is 35.2 Å². The van der Waals surface area contributed by atoms with Gasteiger partial charge in [-0.3, -0.25) is 24.6 Å². The van der Waals surface area contributed by atoms with Crippen molar-refractivity contribution >= 4 is 35.0 Å². The molecule has 4 atom stereocenters. The normalized spacial score (nSPS) is 29.1. The van der Waals surface area contributed by atoms with Crippen LogP contribution < -0.4 is 10.6 Å². The standard InChI is InChI=1S/C24H24ClN3O3/c1-13(2)20-18-19(22(30)28(21(18)29)11-10-14-6-4-3-5-7-14)24(27-20)16-12-15(25)8-9-17(16)26-23(24)31/h3-9,12-13,18-20,27H,10-11H2,1-2H3,(H,26,31). The number of likely N-dealkylation sites (tertiary alicyclic amines) is 1. The first-order chi connectivity index (χ1) is 14.8. The Labute approximate surface area is 185 Å². The molecule has 3 aliphatic heterocycles. The molecule has 2 saturated heterocycles. The maximum Gasteiger partial charge on any atom is 0.250 e. The Kier molecular flexibility index (Phi) is 4.68. The number of anilines is 1. The van der Waals surface area contributed by atoms with Crippen molar-refractivity contribution in [1.82, 2.24) is 10.2 Å². The predicted molar refractivity (Wildman–Crippen MR) is 117 cm³/mol. The molecule has 0 bridgehead atoms. The van der Waals surface area contributed by atoms with Crippen molar-refractivity contribution in [3.63, 3.8) is 0 Å². The highest BCUT2D eigenvalue weighted by molar-refractivity contribution is 6.31. The molecule has 2 aromatic carbocycles. The summed E-state index contributed by atoms with van der Waals surface area (Å²) in [5, 5.41) is 6.80. The zero-order valence-electron chi connectivity index (χ0n) is 17.4. The van der Waals surface area contributed by atoms with Crippen molar-refractivity contribution in [1.29, 1.82) is 0 Å². The minimum atomic E-state index is -1.28.